The minimum Gasteiger partial charge on any atom is -0.464 e. The number of esters is 1. The van der Waals surface area contributed by atoms with E-state index in [-0.39, 0.29) is 24.3 Å². The van der Waals surface area contributed by atoms with Crippen molar-refractivity contribution in [3.8, 4) is 0 Å². The fourth-order valence-corrected chi connectivity index (χ4v) is 2.42. The third-order valence-electron chi connectivity index (χ3n) is 3.52. The summed E-state index contributed by atoms with van der Waals surface area (Å²) in [6.07, 6.45) is 7.28. The minimum atomic E-state index is -0.495. The molecule has 104 valence electrons. The molecule has 19 heavy (non-hydrogen) atoms. The van der Waals surface area contributed by atoms with E-state index in [0.29, 0.717) is 5.82 Å². The lowest BCUT2D eigenvalue weighted by molar-refractivity contribution is 0.0593. The van der Waals surface area contributed by atoms with Crippen molar-refractivity contribution in [3.05, 3.63) is 18.1 Å². The van der Waals surface area contributed by atoms with Crippen LogP contribution in [-0.4, -0.2) is 40.8 Å². The van der Waals surface area contributed by atoms with E-state index in [1.807, 2.05) is 0 Å². The molecule has 2 rings (SSSR count). The van der Waals surface area contributed by atoms with Crippen LogP contribution in [0, 0.1) is 5.92 Å². The summed E-state index contributed by atoms with van der Waals surface area (Å²) in [6.45, 7) is 0.186. The summed E-state index contributed by atoms with van der Waals surface area (Å²) in [4.78, 5) is 19.4. The highest BCUT2D eigenvalue weighted by molar-refractivity contribution is 5.86. The normalized spacial score (nSPS) is 22.8. The number of carbonyl (C=O) groups is 1. The molecule has 2 N–H and O–H groups in total. The largest absolute Gasteiger partial charge is 0.464 e. The van der Waals surface area contributed by atoms with Crippen LogP contribution >= 0.6 is 0 Å². The van der Waals surface area contributed by atoms with Crippen molar-refractivity contribution in [2.24, 2.45) is 5.92 Å². The number of hydrogen-bond acceptors (Lipinski definition) is 6. The highest BCUT2D eigenvalue weighted by Crippen LogP contribution is 2.26. The van der Waals surface area contributed by atoms with Gasteiger partial charge in [-0.3, -0.25) is 0 Å². The maximum Gasteiger partial charge on any atom is 0.358 e. The Hall–Kier alpha value is -1.69. The summed E-state index contributed by atoms with van der Waals surface area (Å²) in [5, 5.41) is 12.6. The van der Waals surface area contributed by atoms with Crippen molar-refractivity contribution < 1.29 is 14.6 Å². The van der Waals surface area contributed by atoms with Gasteiger partial charge in [-0.2, -0.15) is 0 Å². The topological polar surface area (TPSA) is 84.3 Å². The number of ether oxygens (including phenoxy) is 1. The zero-order valence-corrected chi connectivity index (χ0v) is 11.0. The Labute approximate surface area is 112 Å². The number of nitrogens with zero attached hydrogens (tertiary/aromatic N) is 2. The van der Waals surface area contributed by atoms with Crippen molar-refractivity contribution in [1.82, 2.24) is 9.97 Å². The molecule has 6 nitrogen and oxygen atoms in total. The summed E-state index contributed by atoms with van der Waals surface area (Å²) in [7, 11) is 1.31. The molecule has 0 bridgehead atoms. The molecule has 1 aromatic heterocycles. The van der Waals surface area contributed by atoms with Crippen molar-refractivity contribution in [2.45, 2.75) is 31.7 Å². The molecule has 1 saturated carbocycles. The van der Waals surface area contributed by atoms with Crippen molar-refractivity contribution in [1.29, 1.82) is 0 Å². The van der Waals surface area contributed by atoms with Crippen molar-refractivity contribution in [3.63, 3.8) is 0 Å². The third kappa shape index (κ3) is 3.41. The van der Waals surface area contributed by atoms with Gasteiger partial charge in [0.1, 0.15) is 5.82 Å². The second-order valence-electron chi connectivity index (χ2n) is 4.76. The van der Waals surface area contributed by atoms with E-state index < -0.39 is 5.97 Å². The minimum absolute atomic E-state index is 0.186. The van der Waals surface area contributed by atoms with E-state index in [0.717, 1.165) is 25.7 Å². The molecule has 0 aromatic carbocycles. The van der Waals surface area contributed by atoms with Crippen LogP contribution in [0.2, 0.25) is 0 Å². The van der Waals surface area contributed by atoms with E-state index >= 15 is 0 Å². The fraction of sp³-hybridized carbons (Fsp3) is 0.615. The fourth-order valence-electron chi connectivity index (χ4n) is 2.42. The van der Waals surface area contributed by atoms with Crippen LogP contribution in [-0.2, 0) is 4.74 Å². The Kier molecular flexibility index (Phi) is 4.68. The second-order valence-corrected chi connectivity index (χ2v) is 4.76. The monoisotopic (exact) mass is 265 g/mol. The van der Waals surface area contributed by atoms with Gasteiger partial charge in [0.2, 0.25) is 0 Å². The maximum absolute atomic E-state index is 11.2. The summed E-state index contributed by atoms with van der Waals surface area (Å²) in [5.41, 5.74) is 0.190. The van der Waals surface area contributed by atoms with Gasteiger partial charge in [-0.15, -0.1) is 0 Å². The molecule has 2 atom stereocenters. The molecule has 0 radical (unpaired) electrons. The average molecular weight is 265 g/mol. The smallest absolute Gasteiger partial charge is 0.358 e. The lowest BCUT2D eigenvalue weighted by Gasteiger charge is -2.31. The molecule has 0 spiro atoms. The number of aliphatic hydroxyl groups is 1. The Morgan fingerprint density at radius 3 is 2.84 bits per heavy atom. The van der Waals surface area contributed by atoms with E-state index in [2.05, 4.69) is 20.0 Å². The Bertz CT molecular complexity index is 422. The van der Waals surface area contributed by atoms with E-state index in [9.17, 15) is 9.90 Å². The molecule has 6 heteroatoms. The number of hydrogen-bond donors (Lipinski definition) is 2. The number of rotatable bonds is 4. The lowest BCUT2D eigenvalue weighted by Crippen LogP contribution is -2.34. The van der Waals surface area contributed by atoms with Gasteiger partial charge in [0.15, 0.2) is 5.69 Å². The standard InChI is InChI=1S/C13H19N3O3/c1-19-13(18)11-6-15-12(7-14-11)16-10-5-3-2-4-9(10)8-17/h6-7,9-10,17H,2-5,8H2,1H3,(H,15,16). The second kappa shape index (κ2) is 6.47. The van der Waals surface area contributed by atoms with Crippen LogP contribution in [0.3, 0.4) is 0 Å². The highest BCUT2D eigenvalue weighted by atomic mass is 16.5. The number of aliphatic hydroxyl groups excluding tert-OH is 1. The molecular formula is C13H19N3O3. The zero-order chi connectivity index (χ0) is 13.7. The molecule has 1 heterocycles. The van der Waals surface area contributed by atoms with Gasteiger partial charge in [-0.25, -0.2) is 14.8 Å². The maximum atomic E-state index is 11.2. The zero-order valence-electron chi connectivity index (χ0n) is 11.0. The molecule has 0 saturated heterocycles. The molecule has 1 fully saturated rings. The van der Waals surface area contributed by atoms with Gasteiger partial charge in [0, 0.05) is 18.6 Å². The molecule has 1 aliphatic rings. The average Bonchev–Trinajstić information content (AvgIpc) is 2.48. The summed E-state index contributed by atoms with van der Waals surface area (Å²) < 4.78 is 4.57. The van der Waals surface area contributed by atoms with Crippen LogP contribution in [0.5, 0.6) is 0 Å². The van der Waals surface area contributed by atoms with Gasteiger partial charge in [0.25, 0.3) is 0 Å². The first-order valence-electron chi connectivity index (χ1n) is 6.52. The SMILES string of the molecule is COC(=O)c1cnc(NC2CCCCC2CO)cn1. The van der Waals surface area contributed by atoms with Crippen molar-refractivity contribution >= 4 is 11.8 Å². The lowest BCUT2D eigenvalue weighted by atomic mass is 9.85. The van der Waals surface area contributed by atoms with Gasteiger partial charge < -0.3 is 15.2 Å². The third-order valence-corrected chi connectivity index (χ3v) is 3.52. The van der Waals surface area contributed by atoms with E-state index in [1.54, 1.807) is 0 Å². The number of carbonyl (C=O) groups excluding carboxylic acids is 1. The summed E-state index contributed by atoms with van der Waals surface area (Å²) in [5.74, 6) is 0.388. The van der Waals surface area contributed by atoms with Gasteiger partial charge in [0.05, 0.1) is 19.5 Å². The summed E-state index contributed by atoms with van der Waals surface area (Å²) >= 11 is 0. The number of methoxy groups -OCH3 is 1. The van der Waals surface area contributed by atoms with Crippen LogP contribution in [0.15, 0.2) is 12.4 Å². The first-order chi connectivity index (χ1) is 9.24. The van der Waals surface area contributed by atoms with E-state index in [1.165, 1.54) is 19.5 Å². The quantitative estimate of drug-likeness (QED) is 0.796. The van der Waals surface area contributed by atoms with Crippen LogP contribution in [0.4, 0.5) is 5.82 Å². The van der Waals surface area contributed by atoms with Gasteiger partial charge >= 0.3 is 5.97 Å². The number of aromatic nitrogens is 2. The van der Waals surface area contributed by atoms with Gasteiger partial charge in [-0.1, -0.05) is 12.8 Å². The van der Waals surface area contributed by atoms with Gasteiger partial charge in [-0.05, 0) is 12.8 Å². The molecular weight excluding hydrogens is 246 g/mol. The molecule has 0 aliphatic heterocycles. The van der Waals surface area contributed by atoms with E-state index in [4.69, 9.17) is 0 Å². The Balaban J connectivity index is 2.00. The van der Waals surface area contributed by atoms with Crippen LogP contribution in [0.25, 0.3) is 0 Å². The highest BCUT2D eigenvalue weighted by Gasteiger charge is 2.24. The first-order valence-corrected chi connectivity index (χ1v) is 6.52. The Morgan fingerprint density at radius 1 is 1.42 bits per heavy atom. The number of anilines is 1. The molecule has 0 amide bonds. The first kappa shape index (κ1) is 13.7. The Morgan fingerprint density at radius 2 is 2.21 bits per heavy atom. The predicted octanol–water partition coefficient (Wildman–Crippen LogP) is 1.23. The molecule has 1 aromatic rings. The molecule has 2 unspecified atom stereocenters. The molecule has 1 aliphatic carbocycles. The van der Waals surface area contributed by atoms with Crippen LogP contribution < -0.4 is 5.32 Å². The van der Waals surface area contributed by atoms with Crippen molar-refractivity contribution in [2.75, 3.05) is 19.0 Å². The predicted molar refractivity (Wildman–Crippen MR) is 69.8 cm³/mol. The van der Waals surface area contributed by atoms with Crippen LogP contribution in [0.1, 0.15) is 36.2 Å². The summed E-state index contributed by atoms with van der Waals surface area (Å²) in [6, 6.07) is 0.219. The number of nitrogens with one attached hydrogen (secondary N) is 1.